The van der Waals surface area contributed by atoms with Crippen LogP contribution in [0.25, 0.3) is 10.8 Å². The van der Waals surface area contributed by atoms with E-state index in [2.05, 4.69) is 0 Å². The SMILES string of the molecule is NC1CCCCC1.O=C([O-])C1OC(Oc2cc3ccccc3cc2O)C(O)C(O)C1O. The average molecular weight is 434 g/mol. The Labute approximate surface area is 179 Å². The first-order valence-corrected chi connectivity index (χ1v) is 10.3. The summed E-state index contributed by atoms with van der Waals surface area (Å²) in [5, 5.41) is 51.7. The minimum Gasteiger partial charge on any atom is -0.547 e. The van der Waals surface area contributed by atoms with Gasteiger partial charge in [-0.05, 0) is 35.7 Å². The molecule has 1 saturated carbocycles. The van der Waals surface area contributed by atoms with Crippen LogP contribution in [-0.2, 0) is 9.53 Å². The summed E-state index contributed by atoms with van der Waals surface area (Å²) in [6, 6.07) is 10.6. The third-order valence-corrected chi connectivity index (χ3v) is 5.52. The fourth-order valence-corrected chi connectivity index (χ4v) is 3.70. The predicted octanol–water partition coefficient (Wildman–Crippen LogP) is -0.241. The molecular formula is C22H28NO8-. The van der Waals surface area contributed by atoms with Gasteiger partial charge in [0.15, 0.2) is 11.5 Å². The second-order valence-electron chi connectivity index (χ2n) is 7.90. The zero-order chi connectivity index (χ0) is 22.5. The highest BCUT2D eigenvalue weighted by Gasteiger charge is 2.45. The molecule has 1 saturated heterocycles. The molecule has 1 heterocycles. The fraction of sp³-hybridized carbons (Fsp3) is 0.500. The minimum absolute atomic E-state index is 0.0709. The van der Waals surface area contributed by atoms with E-state index in [1.54, 1.807) is 24.3 Å². The number of phenols is 1. The maximum absolute atomic E-state index is 11.0. The molecule has 9 nitrogen and oxygen atoms in total. The van der Waals surface area contributed by atoms with Crippen molar-refractivity contribution in [2.75, 3.05) is 0 Å². The summed E-state index contributed by atoms with van der Waals surface area (Å²) in [5.41, 5.74) is 5.63. The quantitative estimate of drug-likeness (QED) is 0.438. The molecule has 0 amide bonds. The average Bonchev–Trinajstić information content (AvgIpc) is 2.75. The Balaban J connectivity index is 0.000000330. The number of carbonyl (C=O) groups excluding carboxylic acids is 1. The number of hydrogen-bond acceptors (Lipinski definition) is 9. The molecular weight excluding hydrogens is 406 g/mol. The second-order valence-corrected chi connectivity index (χ2v) is 7.90. The molecule has 0 spiro atoms. The first-order valence-electron chi connectivity index (χ1n) is 10.3. The lowest BCUT2D eigenvalue weighted by atomic mass is 9.97. The van der Waals surface area contributed by atoms with Gasteiger partial charge in [-0.25, -0.2) is 0 Å². The van der Waals surface area contributed by atoms with Crippen LogP contribution in [0.15, 0.2) is 36.4 Å². The number of ether oxygens (including phenoxy) is 2. The summed E-state index contributed by atoms with van der Waals surface area (Å²) in [6.07, 6.45) is -2.23. The summed E-state index contributed by atoms with van der Waals surface area (Å²) in [6.45, 7) is 0. The van der Waals surface area contributed by atoms with Crippen LogP contribution in [0.1, 0.15) is 32.1 Å². The number of aliphatic hydroxyl groups is 3. The molecule has 2 aromatic carbocycles. The number of aromatic hydroxyl groups is 1. The number of aliphatic hydroxyl groups excluding tert-OH is 3. The van der Waals surface area contributed by atoms with Crippen LogP contribution >= 0.6 is 0 Å². The molecule has 0 radical (unpaired) electrons. The van der Waals surface area contributed by atoms with Crippen molar-refractivity contribution in [2.45, 2.75) is 68.9 Å². The number of phenolic OH excluding ortho intramolecular Hbond substituents is 1. The molecule has 2 fully saturated rings. The number of fused-ring (bicyclic) bond motifs is 1. The molecule has 31 heavy (non-hydrogen) atoms. The topological polar surface area (TPSA) is 166 Å². The third kappa shape index (κ3) is 5.63. The van der Waals surface area contributed by atoms with Crippen LogP contribution in [0.2, 0.25) is 0 Å². The lowest BCUT2D eigenvalue weighted by Crippen LogP contribution is -2.63. The van der Waals surface area contributed by atoms with E-state index in [9.17, 15) is 30.3 Å². The number of hydrogen-bond donors (Lipinski definition) is 5. The number of nitrogens with two attached hydrogens (primary N) is 1. The van der Waals surface area contributed by atoms with E-state index in [0.29, 0.717) is 6.04 Å². The van der Waals surface area contributed by atoms with Crippen LogP contribution in [-0.4, -0.2) is 63.1 Å². The molecule has 5 unspecified atom stereocenters. The first kappa shape index (κ1) is 23.2. The lowest BCUT2D eigenvalue weighted by Gasteiger charge is -2.40. The Kier molecular flexibility index (Phi) is 7.69. The molecule has 9 heteroatoms. The fourth-order valence-electron chi connectivity index (χ4n) is 3.70. The van der Waals surface area contributed by atoms with E-state index in [1.807, 2.05) is 0 Å². The Morgan fingerprint density at radius 2 is 1.61 bits per heavy atom. The third-order valence-electron chi connectivity index (χ3n) is 5.52. The van der Waals surface area contributed by atoms with E-state index in [0.717, 1.165) is 10.8 Å². The number of rotatable bonds is 3. The summed E-state index contributed by atoms with van der Waals surface area (Å²) < 4.78 is 10.3. The number of carboxylic acids is 1. The van der Waals surface area contributed by atoms with Crippen molar-refractivity contribution >= 4 is 16.7 Å². The highest BCUT2D eigenvalue weighted by molar-refractivity contribution is 5.85. The Morgan fingerprint density at radius 1 is 1.00 bits per heavy atom. The molecule has 6 N–H and O–H groups in total. The maximum Gasteiger partial charge on any atom is 0.229 e. The lowest BCUT2D eigenvalue weighted by molar-refractivity contribution is -0.342. The van der Waals surface area contributed by atoms with E-state index in [1.165, 1.54) is 44.2 Å². The van der Waals surface area contributed by atoms with Crippen LogP contribution in [0.5, 0.6) is 11.5 Å². The van der Waals surface area contributed by atoms with Crippen molar-refractivity contribution in [1.82, 2.24) is 0 Å². The van der Waals surface area contributed by atoms with Crippen molar-refractivity contribution < 1.29 is 39.8 Å². The molecule has 1 aliphatic heterocycles. The van der Waals surface area contributed by atoms with Gasteiger partial charge < -0.3 is 45.5 Å². The minimum atomic E-state index is -1.88. The van der Waals surface area contributed by atoms with Gasteiger partial charge in [-0.15, -0.1) is 0 Å². The van der Waals surface area contributed by atoms with Gasteiger partial charge in [0.25, 0.3) is 0 Å². The van der Waals surface area contributed by atoms with Crippen LogP contribution in [0.4, 0.5) is 0 Å². The zero-order valence-corrected chi connectivity index (χ0v) is 17.0. The van der Waals surface area contributed by atoms with Gasteiger partial charge in [-0.2, -0.15) is 0 Å². The second kappa shape index (κ2) is 10.3. The smallest absolute Gasteiger partial charge is 0.229 e. The Bertz CT molecular complexity index is 885. The Hall–Kier alpha value is -2.43. The molecule has 170 valence electrons. The van der Waals surface area contributed by atoms with Gasteiger partial charge in [-0.3, -0.25) is 0 Å². The van der Waals surface area contributed by atoms with Gasteiger partial charge in [-0.1, -0.05) is 43.5 Å². The van der Waals surface area contributed by atoms with Gasteiger partial charge in [0.2, 0.25) is 6.29 Å². The number of aliphatic carboxylic acids is 1. The predicted molar refractivity (Wildman–Crippen MR) is 109 cm³/mol. The van der Waals surface area contributed by atoms with Crippen molar-refractivity contribution in [2.24, 2.45) is 5.73 Å². The van der Waals surface area contributed by atoms with E-state index >= 15 is 0 Å². The normalized spacial score (nSPS) is 29.1. The zero-order valence-electron chi connectivity index (χ0n) is 17.0. The number of benzene rings is 2. The highest BCUT2D eigenvalue weighted by atomic mass is 16.7. The summed E-state index contributed by atoms with van der Waals surface area (Å²) >= 11 is 0. The van der Waals surface area contributed by atoms with Crippen molar-refractivity contribution in [1.29, 1.82) is 0 Å². The molecule has 2 aromatic rings. The Morgan fingerprint density at radius 3 is 2.16 bits per heavy atom. The molecule has 5 atom stereocenters. The first-order chi connectivity index (χ1) is 14.8. The van der Waals surface area contributed by atoms with Crippen LogP contribution in [0.3, 0.4) is 0 Å². The van der Waals surface area contributed by atoms with E-state index < -0.39 is 36.7 Å². The molecule has 2 aliphatic rings. The summed E-state index contributed by atoms with van der Waals surface area (Å²) in [7, 11) is 0. The molecule has 0 aromatic heterocycles. The van der Waals surface area contributed by atoms with Crippen LogP contribution in [0, 0.1) is 0 Å². The van der Waals surface area contributed by atoms with Gasteiger partial charge in [0.05, 0.1) is 5.97 Å². The monoisotopic (exact) mass is 434 g/mol. The molecule has 4 rings (SSSR count). The number of carboxylic acid groups (broad SMARTS) is 1. The molecule has 1 aliphatic carbocycles. The highest BCUT2D eigenvalue weighted by Crippen LogP contribution is 2.34. The molecule has 0 bridgehead atoms. The summed E-state index contributed by atoms with van der Waals surface area (Å²) in [5.74, 6) is -2.08. The van der Waals surface area contributed by atoms with Gasteiger partial charge in [0.1, 0.15) is 24.4 Å². The maximum atomic E-state index is 11.0. The van der Waals surface area contributed by atoms with Crippen molar-refractivity contribution in [3.63, 3.8) is 0 Å². The summed E-state index contributed by atoms with van der Waals surface area (Å²) in [4.78, 5) is 11.0. The largest absolute Gasteiger partial charge is 0.547 e. The van der Waals surface area contributed by atoms with E-state index in [4.69, 9.17) is 15.2 Å². The number of carbonyl (C=O) groups is 1. The van der Waals surface area contributed by atoms with Crippen LogP contribution < -0.4 is 15.6 Å². The van der Waals surface area contributed by atoms with Gasteiger partial charge in [0, 0.05) is 6.04 Å². The van der Waals surface area contributed by atoms with E-state index in [-0.39, 0.29) is 11.5 Å². The van der Waals surface area contributed by atoms with Gasteiger partial charge >= 0.3 is 0 Å². The van der Waals surface area contributed by atoms with Crippen molar-refractivity contribution in [3.8, 4) is 11.5 Å². The standard InChI is InChI=1S/C16H16O8.C6H13N/c17-9-5-7-3-1-2-4-8(7)6-10(9)23-16-13(20)11(18)12(19)14(24-16)15(21)22;7-6-4-2-1-3-5-6/h1-6,11-14,16-20H,(H,21,22);6H,1-5,7H2/p-1. The van der Waals surface area contributed by atoms with Crippen molar-refractivity contribution in [3.05, 3.63) is 36.4 Å².